The van der Waals surface area contributed by atoms with E-state index in [0.29, 0.717) is 24.1 Å². The third kappa shape index (κ3) is 4.81. The largest absolute Gasteiger partial charge is 0.388 e. The summed E-state index contributed by atoms with van der Waals surface area (Å²) in [4.78, 5) is 33.6. The van der Waals surface area contributed by atoms with Gasteiger partial charge in [0, 0.05) is 93.7 Å². The van der Waals surface area contributed by atoms with E-state index in [1.54, 1.807) is 50.2 Å². The van der Waals surface area contributed by atoms with E-state index < -0.39 is 0 Å². The maximum Gasteiger partial charge on any atom is 0.257 e. The molecule has 0 radical (unpaired) electrons. The Morgan fingerprint density at radius 1 is 1.18 bits per heavy atom. The molecule has 0 fully saturated rings. The van der Waals surface area contributed by atoms with Crippen LogP contribution < -0.4 is 10.9 Å². The Kier molecular flexibility index (Phi) is 7.33. The molecule has 208 valence electrons. The summed E-state index contributed by atoms with van der Waals surface area (Å²) in [6, 6.07) is 10.6. The van der Waals surface area contributed by atoms with Crippen molar-refractivity contribution in [2.75, 3.05) is 39.5 Å². The molecule has 40 heavy (non-hydrogen) atoms. The van der Waals surface area contributed by atoms with Crippen LogP contribution in [-0.2, 0) is 7.05 Å². The van der Waals surface area contributed by atoms with Gasteiger partial charge in [-0.25, -0.2) is 9.37 Å². The van der Waals surface area contributed by atoms with Gasteiger partial charge >= 0.3 is 0 Å². The first-order valence-corrected chi connectivity index (χ1v) is 13.4. The molecule has 0 spiro atoms. The molecule has 8 nitrogen and oxygen atoms in total. The molecule has 0 saturated carbocycles. The zero-order valence-corrected chi connectivity index (χ0v) is 23.8. The Morgan fingerprint density at radius 2 is 1.95 bits per heavy atom. The van der Waals surface area contributed by atoms with E-state index in [4.69, 9.17) is 0 Å². The summed E-state index contributed by atoms with van der Waals surface area (Å²) in [6.07, 6.45) is 6.30. The third-order valence-electron chi connectivity index (χ3n) is 7.89. The number of anilines is 1. The molecule has 1 aliphatic heterocycles. The van der Waals surface area contributed by atoms with Crippen LogP contribution in [0.4, 0.5) is 10.1 Å². The smallest absolute Gasteiger partial charge is 0.257 e. The fraction of sp³-hybridized carbons (Fsp3) is 0.323. The quantitative estimate of drug-likeness (QED) is 0.380. The van der Waals surface area contributed by atoms with Gasteiger partial charge in [0.2, 0.25) is 0 Å². The van der Waals surface area contributed by atoms with Crippen LogP contribution in [0.5, 0.6) is 0 Å². The first-order chi connectivity index (χ1) is 19.1. The lowest BCUT2D eigenvalue weighted by atomic mass is 9.92. The van der Waals surface area contributed by atoms with Crippen molar-refractivity contribution in [1.29, 1.82) is 0 Å². The van der Waals surface area contributed by atoms with Gasteiger partial charge in [0.1, 0.15) is 11.5 Å². The molecule has 0 aliphatic carbocycles. The second-order valence-electron chi connectivity index (χ2n) is 10.6. The summed E-state index contributed by atoms with van der Waals surface area (Å²) < 4.78 is 18.9. The predicted molar refractivity (Wildman–Crippen MR) is 158 cm³/mol. The number of halogens is 1. The average molecular weight is 543 g/mol. The van der Waals surface area contributed by atoms with Gasteiger partial charge in [-0.15, -0.1) is 0 Å². The minimum Gasteiger partial charge on any atom is -0.388 e. The van der Waals surface area contributed by atoms with Gasteiger partial charge in [0.25, 0.3) is 11.5 Å². The second kappa shape index (κ2) is 10.7. The number of hydrogen-bond acceptors (Lipinski definition) is 5. The lowest BCUT2D eigenvalue weighted by molar-refractivity contribution is 0.0827. The molecule has 0 bridgehead atoms. The molecule has 1 amide bonds. The van der Waals surface area contributed by atoms with Crippen molar-refractivity contribution in [3.8, 4) is 5.69 Å². The van der Waals surface area contributed by atoms with Crippen LogP contribution in [-0.4, -0.2) is 64.1 Å². The molecule has 0 saturated heterocycles. The fourth-order valence-corrected chi connectivity index (χ4v) is 5.65. The van der Waals surface area contributed by atoms with Crippen LogP contribution in [0.25, 0.3) is 22.3 Å². The molecule has 5 rings (SSSR count). The third-order valence-corrected chi connectivity index (χ3v) is 7.89. The van der Waals surface area contributed by atoms with Gasteiger partial charge in [0.15, 0.2) is 0 Å². The average Bonchev–Trinajstić information content (AvgIpc) is 3.28. The van der Waals surface area contributed by atoms with Gasteiger partial charge in [0.05, 0.1) is 5.69 Å². The van der Waals surface area contributed by atoms with Gasteiger partial charge < -0.3 is 14.8 Å². The van der Waals surface area contributed by atoms with Crippen LogP contribution in [0.3, 0.4) is 0 Å². The van der Waals surface area contributed by atoms with Crippen LogP contribution in [0.15, 0.2) is 59.7 Å². The number of pyridine rings is 2. The van der Waals surface area contributed by atoms with Crippen molar-refractivity contribution in [2.45, 2.75) is 26.3 Å². The molecule has 9 heteroatoms. The highest BCUT2D eigenvalue weighted by Crippen LogP contribution is 2.34. The number of aryl methyl sites for hydroxylation is 2. The first kappa shape index (κ1) is 27.3. The normalized spacial score (nSPS) is 14.7. The van der Waals surface area contributed by atoms with E-state index in [0.717, 1.165) is 45.8 Å². The van der Waals surface area contributed by atoms with Crippen LogP contribution in [0.1, 0.15) is 46.6 Å². The van der Waals surface area contributed by atoms with E-state index in [2.05, 4.69) is 38.8 Å². The minimum absolute atomic E-state index is 0.0688. The fourth-order valence-electron chi connectivity index (χ4n) is 5.65. The van der Waals surface area contributed by atoms with Crippen LogP contribution >= 0.6 is 0 Å². The molecular formula is C31H35FN6O2. The van der Waals surface area contributed by atoms with E-state index >= 15 is 4.39 Å². The van der Waals surface area contributed by atoms with E-state index in [1.165, 1.54) is 11.0 Å². The van der Waals surface area contributed by atoms with Gasteiger partial charge in [-0.3, -0.25) is 19.1 Å². The molecule has 1 unspecified atom stereocenters. The van der Waals surface area contributed by atoms with Crippen molar-refractivity contribution in [3.63, 3.8) is 0 Å². The lowest BCUT2D eigenvalue weighted by Crippen LogP contribution is -2.32. The molecule has 1 N–H and O–H groups in total. The highest BCUT2D eigenvalue weighted by molar-refractivity contribution is 5.94. The highest BCUT2D eigenvalue weighted by atomic mass is 19.1. The van der Waals surface area contributed by atoms with Crippen LogP contribution in [0.2, 0.25) is 0 Å². The summed E-state index contributed by atoms with van der Waals surface area (Å²) in [6.45, 7) is 5.45. The number of carbonyl (C=O) groups excluding carboxylic acids is 1. The monoisotopic (exact) mass is 542 g/mol. The Morgan fingerprint density at radius 3 is 2.58 bits per heavy atom. The number of benzene rings is 1. The topological polar surface area (TPSA) is 75.4 Å². The van der Waals surface area contributed by atoms with Gasteiger partial charge in [-0.05, 0) is 61.7 Å². The molecule has 4 heterocycles. The van der Waals surface area contributed by atoms with Crippen molar-refractivity contribution in [3.05, 3.63) is 93.4 Å². The summed E-state index contributed by atoms with van der Waals surface area (Å²) in [7, 11) is 7.11. The molecule has 3 aromatic heterocycles. The zero-order chi connectivity index (χ0) is 28.7. The Hall–Kier alpha value is -4.24. The maximum atomic E-state index is 15.2. The second-order valence-corrected chi connectivity index (χ2v) is 10.6. The molecule has 1 aliphatic rings. The van der Waals surface area contributed by atoms with E-state index in [9.17, 15) is 9.59 Å². The number of nitrogens with zero attached hydrogens (tertiary/aromatic N) is 5. The van der Waals surface area contributed by atoms with Gasteiger partial charge in [-0.1, -0.05) is 6.08 Å². The Labute approximate surface area is 233 Å². The van der Waals surface area contributed by atoms with E-state index in [1.807, 2.05) is 26.1 Å². The standard InChI is InChI=1S/C31H35FN6O2/c1-19-15-22(31(40)35(4)5)16-25(32)29(19)21-8-12-37(13-9-21)20(2)27-18-24-26(7-11-34-30(24)36(27)6)38-14-10-23(33-3)17-28(38)39/h7-8,10-11,14-18,20,33H,9,12-13H2,1-6H3. The van der Waals surface area contributed by atoms with Crippen molar-refractivity contribution in [1.82, 2.24) is 23.9 Å². The lowest BCUT2D eigenvalue weighted by Gasteiger charge is -2.32. The number of carbonyl (C=O) groups is 1. The number of hydrogen-bond donors (Lipinski definition) is 1. The summed E-state index contributed by atoms with van der Waals surface area (Å²) in [5, 5.41) is 3.91. The number of fused-ring (bicyclic) bond motifs is 1. The summed E-state index contributed by atoms with van der Waals surface area (Å²) in [5.74, 6) is -0.568. The SMILES string of the molecule is CNc1ccn(-c2ccnc3c2cc(C(C)N2CC=C(c4c(C)cc(C(=O)N(C)C)cc4F)CC2)n3C)c(=O)c1. The number of aromatic nitrogens is 3. The maximum absolute atomic E-state index is 15.2. The number of rotatable bonds is 6. The van der Waals surface area contributed by atoms with Crippen molar-refractivity contribution < 1.29 is 9.18 Å². The van der Waals surface area contributed by atoms with Crippen molar-refractivity contribution in [2.24, 2.45) is 7.05 Å². The number of nitrogens with one attached hydrogen (secondary N) is 1. The Balaban J connectivity index is 1.42. The molecular weight excluding hydrogens is 507 g/mol. The number of amides is 1. The Bertz CT molecular complexity index is 1680. The van der Waals surface area contributed by atoms with Crippen molar-refractivity contribution >= 4 is 28.2 Å². The molecule has 1 atom stereocenters. The van der Waals surface area contributed by atoms with E-state index in [-0.39, 0.29) is 23.3 Å². The molecule has 1 aromatic carbocycles. The molecule has 4 aromatic rings. The predicted octanol–water partition coefficient (Wildman–Crippen LogP) is 4.77. The summed E-state index contributed by atoms with van der Waals surface area (Å²) >= 11 is 0. The van der Waals surface area contributed by atoms with Crippen LogP contribution in [0, 0.1) is 12.7 Å². The van der Waals surface area contributed by atoms with Gasteiger partial charge in [-0.2, -0.15) is 0 Å². The first-order valence-electron chi connectivity index (χ1n) is 13.4. The minimum atomic E-state index is -0.358. The highest BCUT2D eigenvalue weighted by Gasteiger charge is 2.25. The zero-order valence-electron chi connectivity index (χ0n) is 23.8. The summed E-state index contributed by atoms with van der Waals surface area (Å²) in [5.41, 5.74) is 6.01.